The average Bonchev–Trinajstić information content (AvgIpc) is 2.98. The summed E-state index contributed by atoms with van der Waals surface area (Å²) in [6, 6.07) is 4.11. The van der Waals surface area contributed by atoms with Crippen LogP contribution in [-0.4, -0.2) is 45.3 Å². The molecule has 1 aliphatic carbocycles. The van der Waals surface area contributed by atoms with Crippen molar-refractivity contribution in [2.45, 2.75) is 38.3 Å². The first-order valence-corrected chi connectivity index (χ1v) is 8.78. The number of hydrogen-bond donors (Lipinski definition) is 1. The average molecular weight is 407 g/mol. The molecule has 0 heterocycles. The summed E-state index contributed by atoms with van der Waals surface area (Å²) in [5, 5.41) is 3.45. The molecule has 4 nitrogen and oxygen atoms in total. The maximum Gasteiger partial charge on any atom is 0.162 e. The van der Waals surface area contributed by atoms with Crippen LogP contribution in [0, 0.1) is 0 Å². The lowest BCUT2D eigenvalue weighted by Gasteiger charge is -2.18. The first-order chi connectivity index (χ1) is 10.6. The van der Waals surface area contributed by atoms with Crippen molar-refractivity contribution < 1.29 is 21.9 Å². The fourth-order valence-corrected chi connectivity index (χ4v) is 3.14. The molecule has 0 bridgehead atoms. The van der Waals surface area contributed by atoms with E-state index >= 15 is 0 Å². The molecule has 132 valence electrons. The zero-order chi connectivity index (χ0) is 15.9. The Bertz CT molecular complexity index is 480. The van der Waals surface area contributed by atoms with Gasteiger partial charge in [-0.1, -0.05) is 15.9 Å². The van der Waals surface area contributed by atoms with Crippen molar-refractivity contribution in [3.8, 4) is 11.5 Å². The fraction of sp³-hybridized carbons (Fsp3) is 0.647. The van der Waals surface area contributed by atoms with Gasteiger partial charge in [0, 0.05) is 24.1 Å². The van der Waals surface area contributed by atoms with Gasteiger partial charge >= 0.3 is 0 Å². The maximum atomic E-state index is 6.11. The van der Waals surface area contributed by atoms with Gasteiger partial charge in [-0.15, -0.1) is 0 Å². The SMILES string of the molecule is COc1cc(CNCCN(C)C)c(Br)cc1OC1CCCC1.[Cl-]. The van der Waals surface area contributed by atoms with Crippen LogP contribution in [0.2, 0.25) is 0 Å². The molecule has 0 aromatic heterocycles. The van der Waals surface area contributed by atoms with Crippen molar-refractivity contribution in [2.75, 3.05) is 34.3 Å². The minimum atomic E-state index is 0. The monoisotopic (exact) mass is 405 g/mol. The number of ether oxygens (including phenoxy) is 2. The van der Waals surface area contributed by atoms with Crippen LogP contribution in [0.5, 0.6) is 11.5 Å². The molecule has 1 aromatic rings. The highest BCUT2D eigenvalue weighted by Crippen LogP contribution is 2.36. The minimum Gasteiger partial charge on any atom is -1.00 e. The number of hydrogen-bond acceptors (Lipinski definition) is 4. The second-order valence-corrected chi connectivity index (χ2v) is 6.95. The third-order valence-corrected chi connectivity index (χ3v) is 4.72. The topological polar surface area (TPSA) is 33.7 Å². The molecule has 0 radical (unpaired) electrons. The number of likely N-dealkylation sites (N-methyl/N-ethyl adjacent to an activating group) is 1. The zero-order valence-electron chi connectivity index (χ0n) is 14.2. The number of nitrogens with zero attached hydrogens (tertiary/aromatic N) is 1. The van der Waals surface area contributed by atoms with E-state index in [0.717, 1.165) is 48.4 Å². The lowest BCUT2D eigenvalue weighted by atomic mass is 10.2. The summed E-state index contributed by atoms with van der Waals surface area (Å²) in [7, 11) is 5.86. The van der Waals surface area contributed by atoms with E-state index in [1.165, 1.54) is 18.4 Å². The van der Waals surface area contributed by atoms with Crippen LogP contribution in [0.1, 0.15) is 31.2 Å². The predicted octanol–water partition coefficient (Wildman–Crippen LogP) is 0.434. The molecule has 1 saturated carbocycles. The van der Waals surface area contributed by atoms with E-state index in [1.807, 2.05) is 6.07 Å². The molecule has 2 rings (SSSR count). The van der Waals surface area contributed by atoms with Gasteiger partial charge in [0.15, 0.2) is 11.5 Å². The fourth-order valence-electron chi connectivity index (χ4n) is 2.68. The Kier molecular flexibility index (Phi) is 9.29. The van der Waals surface area contributed by atoms with E-state index in [2.05, 4.69) is 46.3 Å². The third kappa shape index (κ3) is 6.49. The Morgan fingerprint density at radius 2 is 1.91 bits per heavy atom. The van der Waals surface area contributed by atoms with E-state index in [9.17, 15) is 0 Å². The quantitative estimate of drug-likeness (QED) is 0.635. The van der Waals surface area contributed by atoms with Gasteiger partial charge in [0.2, 0.25) is 0 Å². The molecule has 0 unspecified atom stereocenters. The van der Waals surface area contributed by atoms with E-state index in [4.69, 9.17) is 9.47 Å². The van der Waals surface area contributed by atoms with Crippen LogP contribution in [-0.2, 0) is 6.54 Å². The molecule has 1 aliphatic rings. The number of nitrogens with one attached hydrogen (secondary N) is 1. The molecular weight excluding hydrogens is 380 g/mol. The van der Waals surface area contributed by atoms with Crippen LogP contribution in [0.25, 0.3) is 0 Å². The van der Waals surface area contributed by atoms with Gasteiger partial charge in [-0.05, 0) is 57.5 Å². The summed E-state index contributed by atoms with van der Waals surface area (Å²) < 4.78 is 12.7. The van der Waals surface area contributed by atoms with E-state index in [0.29, 0.717) is 6.10 Å². The van der Waals surface area contributed by atoms with Gasteiger partial charge in [0.1, 0.15) is 0 Å². The molecule has 6 heteroatoms. The normalized spacial score (nSPS) is 14.8. The predicted molar refractivity (Wildman–Crippen MR) is 93.8 cm³/mol. The van der Waals surface area contributed by atoms with Crippen LogP contribution in [0.15, 0.2) is 16.6 Å². The first kappa shape index (κ1) is 20.6. The third-order valence-electron chi connectivity index (χ3n) is 3.98. The first-order valence-electron chi connectivity index (χ1n) is 7.98. The largest absolute Gasteiger partial charge is 1.00 e. The van der Waals surface area contributed by atoms with Crippen molar-refractivity contribution >= 4 is 15.9 Å². The van der Waals surface area contributed by atoms with Crippen LogP contribution >= 0.6 is 15.9 Å². The highest BCUT2D eigenvalue weighted by molar-refractivity contribution is 9.10. The Morgan fingerprint density at radius 1 is 1.22 bits per heavy atom. The standard InChI is InChI=1S/C17H27BrN2O2.ClH/c1-20(2)9-8-19-12-13-10-16(21-3)17(11-15(13)18)22-14-6-4-5-7-14;/h10-11,14,19H,4-9,12H2,1-3H3;1H/p-1. The molecule has 1 aromatic carbocycles. The van der Waals surface area contributed by atoms with Crippen molar-refractivity contribution in [3.05, 3.63) is 22.2 Å². The molecule has 1 fully saturated rings. The molecule has 0 amide bonds. The molecule has 1 N–H and O–H groups in total. The summed E-state index contributed by atoms with van der Waals surface area (Å²) in [6.07, 6.45) is 5.16. The Morgan fingerprint density at radius 3 is 2.52 bits per heavy atom. The molecule has 0 atom stereocenters. The van der Waals surface area contributed by atoms with Crippen LogP contribution < -0.4 is 27.2 Å². The van der Waals surface area contributed by atoms with Gasteiger partial charge in [0.05, 0.1) is 13.2 Å². The van der Waals surface area contributed by atoms with Crippen molar-refractivity contribution in [2.24, 2.45) is 0 Å². The summed E-state index contributed by atoms with van der Waals surface area (Å²) in [5.74, 6) is 1.66. The number of methoxy groups -OCH3 is 1. The summed E-state index contributed by atoms with van der Waals surface area (Å²) >= 11 is 3.65. The second kappa shape index (κ2) is 10.4. The molecular formula is C17H27BrClN2O2-. The molecule has 0 spiro atoms. The lowest BCUT2D eigenvalue weighted by molar-refractivity contribution is -0.00000570. The smallest absolute Gasteiger partial charge is 0.162 e. The van der Waals surface area contributed by atoms with E-state index in [1.54, 1.807) is 7.11 Å². The van der Waals surface area contributed by atoms with Crippen molar-refractivity contribution in [3.63, 3.8) is 0 Å². The Hall–Kier alpha value is -0.490. The van der Waals surface area contributed by atoms with Gasteiger partial charge in [-0.3, -0.25) is 0 Å². The highest BCUT2D eigenvalue weighted by atomic mass is 79.9. The Labute approximate surface area is 154 Å². The highest BCUT2D eigenvalue weighted by Gasteiger charge is 2.19. The second-order valence-electron chi connectivity index (χ2n) is 6.10. The van der Waals surface area contributed by atoms with Crippen molar-refractivity contribution in [1.82, 2.24) is 10.2 Å². The maximum absolute atomic E-state index is 6.11. The lowest BCUT2D eigenvalue weighted by Crippen LogP contribution is -3.00. The van der Waals surface area contributed by atoms with Gasteiger partial charge in [-0.25, -0.2) is 0 Å². The van der Waals surface area contributed by atoms with E-state index < -0.39 is 0 Å². The van der Waals surface area contributed by atoms with E-state index in [-0.39, 0.29) is 12.4 Å². The van der Waals surface area contributed by atoms with Gasteiger partial charge in [-0.2, -0.15) is 0 Å². The molecule has 0 aliphatic heterocycles. The van der Waals surface area contributed by atoms with Gasteiger partial charge < -0.3 is 32.1 Å². The van der Waals surface area contributed by atoms with Gasteiger partial charge in [0.25, 0.3) is 0 Å². The minimum absolute atomic E-state index is 0. The number of halogens is 2. The number of rotatable bonds is 8. The van der Waals surface area contributed by atoms with Crippen LogP contribution in [0.3, 0.4) is 0 Å². The summed E-state index contributed by atoms with van der Waals surface area (Å²) in [4.78, 5) is 2.17. The van der Waals surface area contributed by atoms with Crippen LogP contribution in [0.4, 0.5) is 0 Å². The zero-order valence-corrected chi connectivity index (χ0v) is 16.5. The number of benzene rings is 1. The molecule has 0 saturated heterocycles. The van der Waals surface area contributed by atoms with Crippen molar-refractivity contribution in [1.29, 1.82) is 0 Å². The Balaban J connectivity index is 0.00000264. The summed E-state index contributed by atoms with van der Waals surface area (Å²) in [5.41, 5.74) is 1.19. The molecule has 23 heavy (non-hydrogen) atoms. The summed E-state index contributed by atoms with van der Waals surface area (Å²) in [6.45, 7) is 2.80.